The zero-order chi connectivity index (χ0) is 13.9. The van der Waals surface area contributed by atoms with Gasteiger partial charge in [0.2, 0.25) is 0 Å². The summed E-state index contributed by atoms with van der Waals surface area (Å²) in [5, 5.41) is 9.12. The molecule has 0 atom stereocenters. The molecular weight excluding hydrogens is 318 g/mol. The van der Waals surface area contributed by atoms with Gasteiger partial charge in [-0.1, -0.05) is 28.1 Å². The van der Waals surface area contributed by atoms with Crippen LogP contribution in [0.3, 0.4) is 0 Å². The van der Waals surface area contributed by atoms with Gasteiger partial charge in [-0.05, 0) is 30.5 Å². The Balaban J connectivity index is 1.71. The zero-order valence-corrected chi connectivity index (χ0v) is 12.8. The van der Waals surface area contributed by atoms with Crippen LogP contribution >= 0.6 is 15.9 Å². The van der Waals surface area contributed by atoms with Crippen LogP contribution in [0.15, 0.2) is 34.9 Å². The average molecular weight is 336 g/mol. The molecule has 0 bridgehead atoms. The predicted molar refractivity (Wildman–Crippen MR) is 82.2 cm³/mol. The molecule has 0 radical (unpaired) electrons. The summed E-state index contributed by atoms with van der Waals surface area (Å²) in [5.41, 5.74) is 2.17. The quantitative estimate of drug-likeness (QED) is 0.853. The summed E-state index contributed by atoms with van der Waals surface area (Å²) in [6, 6.07) is 8.81. The molecule has 0 amide bonds. The van der Waals surface area contributed by atoms with Crippen LogP contribution in [0.2, 0.25) is 0 Å². The molecule has 20 heavy (non-hydrogen) atoms. The van der Waals surface area contributed by atoms with Gasteiger partial charge in [0, 0.05) is 17.1 Å². The van der Waals surface area contributed by atoms with Crippen molar-refractivity contribution < 1.29 is 5.11 Å². The Labute approximate surface area is 127 Å². The van der Waals surface area contributed by atoms with Gasteiger partial charge in [-0.3, -0.25) is 4.90 Å². The minimum atomic E-state index is 0.205. The van der Waals surface area contributed by atoms with Crippen molar-refractivity contribution in [2.24, 2.45) is 0 Å². The maximum atomic E-state index is 9.12. The number of hydrogen-bond acceptors (Lipinski definition) is 3. The summed E-state index contributed by atoms with van der Waals surface area (Å²) in [5.74, 6) is 0.961. The molecule has 106 valence electrons. The van der Waals surface area contributed by atoms with Crippen LogP contribution in [0.1, 0.15) is 18.7 Å². The smallest absolute Gasteiger partial charge is 0.120 e. The maximum absolute atomic E-state index is 9.12. The normalized spacial score (nSPS) is 14.9. The van der Waals surface area contributed by atoms with Gasteiger partial charge < -0.3 is 10.1 Å². The third-order valence-electron chi connectivity index (χ3n) is 3.59. The summed E-state index contributed by atoms with van der Waals surface area (Å²) < 4.78 is 1.07. The zero-order valence-electron chi connectivity index (χ0n) is 11.2. The number of rotatable bonds is 6. The van der Waals surface area contributed by atoms with Crippen LogP contribution < -0.4 is 0 Å². The maximum Gasteiger partial charge on any atom is 0.120 e. The first-order valence-corrected chi connectivity index (χ1v) is 7.70. The third-order valence-corrected chi connectivity index (χ3v) is 4.12. The van der Waals surface area contributed by atoms with Crippen molar-refractivity contribution in [1.29, 1.82) is 0 Å². The number of aromatic nitrogens is 2. The van der Waals surface area contributed by atoms with Crippen molar-refractivity contribution in [3.8, 4) is 11.3 Å². The van der Waals surface area contributed by atoms with Gasteiger partial charge in [-0.2, -0.15) is 0 Å². The van der Waals surface area contributed by atoms with Gasteiger partial charge in [0.1, 0.15) is 5.82 Å². The van der Waals surface area contributed by atoms with E-state index in [1.807, 2.05) is 18.3 Å². The molecule has 1 saturated carbocycles. The Morgan fingerprint density at radius 3 is 2.70 bits per heavy atom. The van der Waals surface area contributed by atoms with Crippen LogP contribution in [0.25, 0.3) is 11.3 Å². The van der Waals surface area contributed by atoms with E-state index in [0.717, 1.165) is 34.6 Å². The Morgan fingerprint density at radius 2 is 2.05 bits per heavy atom. The minimum absolute atomic E-state index is 0.205. The SMILES string of the molecule is OCCN(Cc1ncc(-c2ccc(Br)cc2)[nH]1)C1CC1. The molecule has 0 unspecified atom stereocenters. The summed E-state index contributed by atoms with van der Waals surface area (Å²) >= 11 is 3.44. The van der Waals surface area contributed by atoms with Crippen molar-refractivity contribution >= 4 is 15.9 Å². The lowest BCUT2D eigenvalue weighted by atomic mass is 10.2. The molecule has 2 N–H and O–H groups in total. The van der Waals surface area contributed by atoms with Gasteiger partial charge in [0.05, 0.1) is 25.0 Å². The Morgan fingerprint density at radius 1 is 1.30 bits per heavy atom. The van der Waals surface area contributed by atoms with E-state index in [1.54, 1.807) is 0 Å². The molecule has 1 aromatic carbocycles. The topological polar surface area (TPSA) is 52.1 Å². The number of H-pyrrole nitrogens is 1. The number of benzene rings is 1. The van der Waals surface area contributed by atoms with Crippen molar-refractivity contribution in [3.05, 3.63) is 40.8 Å². The molecule has 1 heterocycles. The van der Waals surface area contributed by atoms with E-state index in [9.17, 15) is 0 Å². The Bertz CT molecular complexity index is 563. The molecule has 3 rings (SSSR count). The Kier molecular flexibility index (Phi) is 4.19. The second kappa shape index (κ2) is 6.08. The summed E-state index contributed by atoms with van der Waals surface area (Å²) in [4.78, 5) is 10.1. The standard InChI is InChI=1S/C15H18BrN3O/c16-12-3-1-11(2-4-12)14-9-17-15(18-14)10-19(7-8-20)13-5-6-13/h1-4,9,13,20H,5-8,10H2,(H,17,18). The van der Waals surface area contributed by atoms with E-state index >= 15 is 0 Å². The minimum Gasteiger partial charge on any atom is -0.395 e. The van der Waals surface area contributed by atoms with E-state index < -0.39 is 0 Å². The highest BCUT2D eigenvalue weighted by Crippen LogP contribution is 2.28. The van der Waals surface area contributed by atoms with E-state index in [0.29, 0.717) is 6.04 Å². The van der Waals surface area contributed by atoms with Crippen LogP contribution in [0.5, 0.6) is 0 Å². The van der Waals surface area contributed by atoms with Crippen LogP contribution in [0, 0.1) is 0 Å². The fourth-order valence-corrected chi connectivity index (χ4v) is 2.63. The summed E-state index contributed by atoms with van der Waals surface area (Å²) in [6.45, 7) is 1.71. The van der Waals surface area contributed by atoms with Gasteiger partial charge >= 0.3 is 0 Å². The predicted octanol–water partition coefficient (Wildman–Crippen LogP) is 2.80. The van der Waals surface area contributed by atoms with E-state index in [2.05, 4.69) is 42.9 Å². The first-order chi connectivity index (χ1) is 9.76. The van der Waals surface area contributed by atoms with Gasteiger partial charge in [-0.15, -0.1) is 0 Å². The van der Waals surface area contributed by atoms with E-state index in [4.69, 9.17) is 5.11 Å². The number of nitrogens with one attached hydrogen (secondary N) is 1. The van der Waals surface area contributed by atoms with Crippen molar-refractivity contribution in [2.75, 3.05) is 13.2 Å². The molecule has 2 aromatic rings. The van der Waals surface area contributed by atoms with Gasteiger partial charge in [0.25, 0.3) is 0 Å². The lowest BCUT2D eigenvalue weighted by Crippen LogP contribution is -2.29. The number of imidazole rings is 1. The molecule has 4 nitrogen and oxygen atoms in total. The lowest BCUT2D eigenvalue weighted by Gasteiger charge is -2.19. The monoisotopic (exact) mass is 335 g/mol. The number of nitrogens with zero attached hydrogens (tertiary/aromatic N) is 2. The molecule has 1 aliphatic carbocycles. The highest BCUT2D eigenvalue weighted by atomic mass is 79.9. The Hall–Kier alpha value is -1.17. The number of aromatic amines is 1. The van der Waals surface area contributed by atoms with Crippen molar-refractivity contribution in [2.45, 2.75) is 25.4 Å². The average Bonchev–Trinajstić information content (AvgIpc) is 3.20. The molecule has 1 aliphatic rings. The molecule has 0 spiro atoms. The van der Waals surface area contributed by atoms with Crippen LogP contribution in [0.4, 0.5) is 0 Å². The van der Waals surface area contributed by atoms with Gasteiger partial charge in [-0.25, -0.2) is 4.98 Å². The molecular formula is C15H18BrN3O. The first kappa shape index (κ1) is 13.8. The molecule has 5 heteroatoms. The first-order valence-electron chi connectivity index (χ1n) is 6.91. The number of aliphatic hydroxyl groups excluding tert-OH is 1. The van der Waals surface area contributed by atoms with Gasteiger partial charge in [0.15, 0.2) is 0 Å². The summed E-state index contributed by atoms with van der Waals surface area (Å²) in [6.07, 6.45) is 4.35. The molecule has 1 fully saturated rings. The molecule has 1 aromatic heterocycles. The third kappa shape index (κ3) is 3.29. The largest absolute Gasteiger partial charge is 0.395 e. The van der Waals surface area contributed by atoms with Crippen LogP contribution in [-0.4, -0.2) is 39.2 Å². The van der Waals surface area contributed by atoms with Crippen molar-refractivity contribution in [3.63, 3.8) is 0 Å². The summed E-state index contributed by atoms with van der Waals surface area (Å²) in [7, 11) is 0. The second-order valence-corrected chi connectivity index (χ2v) is 6.09. The fraction of sp³-hybridized carbons (Fsp3) is 0.400. The van der Waals surface area contributed by atoms with Crippen molar-refractivity contribution in [1.82, 2.24) is 14.9 Å². The fourth-order valence-electron chi connectivity index (χ4n) is 2.37. The van der Waals surface area contributed by atoms with E-state index in [1.165, 1.54) is 12.8 Å². The number of halogens is 1. The molecule has 0 saturated heterocycles. The lowest BCUT2D eigenvalue weighted by molar-refractivity contribution is 0.180. The highest BCUT2D eigenvalue weighted by Gasteiger charge is 2.28. The number of aliphatic hydroxyl groups is 1. The van der Waals surface area contributed by atoms with Crippen LogP contribution in [-0.2, 0) is 6.54 Å². The number of hydrogen-bond donors (Lipinski definition) is 2. The highest BCUT2D eigenvalue weighted by molar-refractivity contribution is 9.10. The van der Waals surface area contributed by atoms with E-state index in [-0.39, 0.29) is 6.61 Å². The second-order valence-electron chi connectivity index (χ2n) is 5.18. The molecule has 0 aliphatic heterocycles.